The van der Waals surface area contributed by atoms with Gasteiger partial charge in [-0.15, -0.1) is 0 Å². The maximum absolute atomic E-state index is 11.4. The van der Waals surface area contributed by atoms with Gasteiger partial charge in [0.15, 0.2) is 0 Å². The minimum absolute atomic E-state index is 0.0690. The van der Waals surface area contributed by atoms with Gasteiger partial charge in [0.1, 0.15) is 0 Å². The van der Waals surface area contributed by atoms with Gasteiger partial charge in [-0.25, -0.2) is 0 Å². The topological polar surface area (TPSA) is 26.3 Å². The van der Waals surface area contributed by atoms with Gasteiger partial charge in [-0.3, -0.25) is 4.79 Å². The third-order valence-electron chi connectivity index (χ3n) is 3.61. The molecule has 0 aromatic heterocycles. The quantitative estimate of drug-likeness (QED) is 0.731. The summed E-state index contributed by atoms with van der Waals surface area (Å²) in [5, 5.41) is 0.487. The van der Waals surface area contributed by atoms with Crippen molar-refractivity contribution < 1.29 is 9.53 Å². The molecule has 1 saturated carbocycles. The molecule has 1 aliphatic carbocycles. The lowest BCUT2D eigenvalue weighted by molar-refractivity contribution is -0.141. The van der Waals surface area contributed by atoms with Crippen LogP contribution in [0.3, 0.4) is 0 Å². The first-order chi connectivity index (χ1) is 8.65. The van der Waals surface area contributed by atoms with E-state index in [9.17, 15) is 4.79 Å². The van der Waals surface area contributed by atoms with E-state index in [2.05, 4.69) is 31.2 Å². The van der Waals surface area contributed by atoms with Crippen molar-refractivity contribution in [2.75, 3.05) is 12.9 Å². The van der Waals surface area contributed by atoms with Gasteiger partial charge < -0.3 is 4.74 Å². The normalized spacial score (nSPS) is 18.1. The van der Waals surface area contributed by atoms with Gasteiger partial charge in [0.2, 0.25) is 0 Å². The molecule has 0 N–H and O–H groups in total. The van der Waals surface area contributed by atoms with Crippen LogP contribution in [0.1, 0.15) is 37.0 Å². The maximum atomic E-state index is 11.4. The Morgan fingerprint density at radius 3 is 2.61 bits per heavy atom. The van der Waals surface area contributed by atoms with Crippen molar-refractivity contribution >= 4 is 17.7 Å². The van der Waals surface area contributed by atoms with Crippen molar-refractivity contribution in [1.82, 2.24) is 0 Å². The number of carbonyl (C=O) groups is 1. The second kappa shape index (κ2) is 5.79. The second-order valence-corrected chi connectivity index (χ2v) is 6.45. The van der Waals surface area contributed by atoms with Crippen LogP contribution < -0.4 is 0 Å². The van der Waals surface area contributed by atoms with Crippen LogP contribution in [-0.2, 0) is 9.53 Å². The fraction of sp³-hybridized carbons (Fsp3) is 0.533. The lowest BCUT2D eigenvalue weighted by Crippen LogP contribution is -2.13. The summed E-state index contributed by atoms with van der Waals surface area (Å²) in [7, 11) is 1.47. The average molecular weight is 264 g/mol. The van der Waals surface area contributed by atoms with Gasteiger partial charge >= 0.3 is 5.97 Å². The summed E-state index contributed by atoms with van der Waals surface area (Å²) in [5.74, 6) is 0.985. The molecule has 1 aromatic carbocycles. The summed E-state index contributed by atoms with van der Waals surface area (Å²) in [4.78, 5) is 11.4. The molecular formula is C15H20O2S. The number of esters is 1. The van der Waals surface area contributed by atoms with Crippen LogP contribution in [0.5, 0.6) is 0 Å². The Balaban J connectivity index is 1.83. The molecule has 0 amide bonds. The Labute approximate surface area is 113 Å². The highest BCUT2D eigenvalue weighted by Gasteiger charge is 2.44. The van der Waals surface area contributed by atoms with Crippen LogP contribution in [0.25, 0.3) is 0 Å². The van der Waals surface area contributed by atoms with Crippen LogP contribution in [0, 0.1) is 5.41 Å². The Bertz CT molecular complexity index is 398. The summed E-state index contributed by atoms with van der Waals surface area (Å²) in [6, 6.07) is 10.5. The second-order valence-electron chi connectivity index (χ2n) is 5.12. The highest BCUT2D eigenvalue weighted by molar-refractivity contribution is 7.99. The van der Waals surface area contributed by atoms with Gasteiger partial charge in [0, 0.05) is 11.0 Å². The number of hydrogen-bond donors (Lipinski definition) is 0. The van der Waals surface area contributed by atoms with Gasteiger partial charge in [-0.2, -0.15) is 11.8 Å². The van der Waals surface area contributed by atoms with Crippen molar-refractivity contribution in [3.63, 3.8) is 0 Å². The Morgan fingerprint density at radius 2 is 2.06 bits per heavy atom. The lowest BCUT2D eigenvalue weighted by Gasteiger charge is -2.17. The number of carbonyl (C=O) groups excluding carboxylic acids is 1. The van der Waals surface area contributed by atoms with E-state index in [0.717, 1.165) is 18.6 Å². The zero-order chi connectivity index (χ0) is 13.0. The average Bonchev–Trinajstić information content (AvgIpc) is 3.17. The van der Waals surface area contributed by atoms with Crippen LogP contribution in [-0.4, -0.2) is 18.8 Å². The Hall–Kier alpha value is -0.960. The molecule has 0 saturated heterocycles. The molecule has 1 fully saturated rings. The van der Waals surface area contributed by atoms with E-state index >= 15 is 0 Å². The summed E-state index contributed by atoms with van der Waals surface area (Å²) in [6.45, 7) is 2.23. The van der Waals surface area contributed by atoms with Gasteiger partial charge in [0.25, 0.3) is 0 Å². The van der Waals surface area contributed by atoms with Crippen molar-refractivity contribution in [1.29, 1.82) is 0 Å². The fourth-order valence-electron chi connectivity index (χ4n) is 2.05. The zero-order valence-electron chi connectivity index (χ0n) is 11.0. The largest absolute Gasteiger partial charge is 0.469 e. The number of methoxy groups -OCH3 is 1. The first-order valence-electron chi connectivity index (χ1n) is 6.39. The van der Waals surface area contributed by atoms with E-state index in [1.54, 1.807) is 0 Å². The minimum Gasteiger partial charge on any atom is -0.469 e. The van der Waals surface area contributed by atoms with Gasteiger partial charge in [-0.05, 0) is 30.7 Å². The first kappa shape index (κ1) is 13.5. The molecule has 1 atom stereocenters. The van der Waals surface area contributed by atoms with Crippen molar-refractivity contribution in [3.05, 3.63) is 35.9 Å². The molecule has 2 rings (SSSR count). The highest BCUT2D eigenvalue weighted by Crippen LogP contribution is 2.52. The fourth-order valence-corrected chi connectivity index (χ4v) is 3.39. The standard InChI is InChI=1S/C15H20O2S/c1-12(13-6-4-3-5-7-13)18-11-15(8-9-15)10-14(16)17-2/h3-7,12H,8-11H2,1-2H3. The third-order valence-corrected chi connectivity index (χ3v) is 5.16. The smallest absolute Gasteiger partial charge is 0.306 e. The molecule has 0 spiro atoms. The molecular weight excluding hydrogens is 244 g/mol. The first-order valence-corrected chi connectivity index (χ1v) is 7.43. The van der Waals surface area contributed by atoms with E-state index in [-0.39, 0.29) is 11.4 Å². The van der Waals surface area contributed by atoms with Crippen molar-refractivity contribution in [2.45, 2.75) is 31.4 Å². The van der Waals surface area contributed by atoms with Crippen LogP contribution in [0.15, 0.2) is 30.3 Å². The molecule has 2 nitrogen and oxygen atoms in total. The monoisotopic (exact) mass is 264 g/mol. The molecule has 0 heterocycles. The molecule has 0 bridgehead atoms. The Morgan fingerprint density at radius 1 is 1.39 bits per heavy atom. The number of ether oxygens (including phenoxy) is 1. The predicted molar refractivity (Wildman–Crippen MR) is 75.6 cm³/mol. The van der Waals surface area contributed by atoms with E-state index in [1.165, 1.54) is 12.7 Å². The van der Waals surface area contributed by atoms with Gasteiger partial charge in [0.05, 0.1) is 13.5 Å². The number of rotatable bonds is 6. The summed E-state index contributed by atoms with van der Waals surface area (Å²) in [5.41, 5.74) is 1.58. The summed E-state index contributed by atoms with van der Waals surface area (Å²) >= 11 is 1.94. The van der Waals surface area contributed by atoms with E-state index in [0.29, 0.717) is 11.7 Å². The zero-order valence-corrected chi connectivity index (χ0v) is 11.8. The number of thioether (sulfide) groups is 1. The molecule has 1 aromatic rings. The van der Waals surface area contributed by atoms with E-state index in [1.807, 2.05) is 17.8 Å². The SMILES string of the molecule is COC(=O)CC1(CSC(C)c2ccccc2)CC1. The number of hydrogen-bond acceptors (Lipinski definition) is 3. The van der Waals surface area contributed by atoms with Crippen LogP contribution in [0.4, 0.5) is 0 Å². The predicted octanol–water partition coefficient (Wildman–Crippen LogP) is 3.82. The molecule has 3 heteroatoms. The Kier molecular flexibility index (Phi) is 4.33. The summed E-state index contributed by atoms with van der Waals surface area (Å²) in [6.07, 6.45) is 2.91. The molecule has 18 heavy (non-hydrogen) atoms. The van der Waals surface area contributed by atoms with E-state index in [4.69, 9.17) is 4.74 Å². The van der Waals surface area contributed by atoms with Crippen LogP contribution >= 0.6 is 11.8 Å². The minimum atomic E-state index is -0.0690. The molecule has 0 radical (unpaired) electrons. The summed E-state index contributed by atoms with van der Waals surface area (Å²) < 4.78 is 4.77. The highest BCUT2D eigenvalue weighted by atomic mass is 32.2. The van der Waals surface area contributed by atoms with Crippen molar-refractivity contribution in [2.24, 2.45) is 5.41 Å². The molecule has 0 aliphatic heterocycles. The lowest BCUT2D eigenvalue weighted by atomic mass is 10.1. The maximum Gasteiger partial charge on any atom is 0.306 e. The molecule has 1 unspecified atom stereocenters. The molecule has 98 valence electrons. The van der Waals surface area contributed by atoms with Crippen LogP contribution in [0.2, 0.25) is 0 Å². The number of benzene rings is 1. The third kappa shape index (κ3) is 3.52. The van der Waals surface area contributed by atoms with Gasteiger partial charge in [-0.1, -0.05) is 30.3 Å². The molecule has 1 aliphatic rings. The van der Waals surface area contributed by atoms with Crippen molar-refractivity contribution in [3.8, 4) is 0 Å². The van der Waals surface area contributed by atoms with E-state index < -0.39 is 0 Å².